The summed E-state index contributed by atoms with van der Waals surface area (Å²) in [6.07, 6.45) is 0.994. The number of aliphatic hydroxyl groups is 1. The largest absolute Gasteiger partial charge is 0.481 e. The first kappa shape index (κ1) is 17.2. The molecule has 120 valence electrons. The standard InChI is InChI=1S/C13H23N3O5/c1-12(2,10(18)19)5-6-15-11(20)16-7-3-4-13(21,8-16)9(14)17/h21H,3-8H2,1-2H3,(H2,14,17)(H,15,20)(H,18,19). The summed E-state index contributed by atoms with van der Waals surface area (Å²) in [7, 11) is 0. The number of carbonyl (C=O) groups excluding carboxylic acids is 2. The third-order valence-corrected chi connectivity index (χ3v) is 3.82. The maximum atomic E-state index is 12.0. The van der Waals surface area contributed by atoms with Gasteiger partial charge in [0, 0.05) is 13.1 Å². The number of urea groups is 1. The average molecular weight is 301 g/mol. The summed E-state index contributed by atoms with van der Waals surface area (Å²) in [5.41, 5.74) is 2.53. The number of likely N-dealkylation sites (tertiary alicyclic amines) is 1. The van der Waals surface area contributed by atoms with Crippen LogP contribution in [0.15, 0.2) is 0 Å². The van der Waals surface area contributed by atoms with Crippen LogP contribution in [0.2, 0.25) is 0 Å². The second kappa shape index (κ2) is 6.30. The lowest BCUT2D eigenvalue weighted by Gasteiger charge is -2.37. The van der Waals surface area contributed by atoms with E-state index in [2.05, 4.69) is 5.32 Å². The van der Waals surface area contributed by atoms with Crippen molar-refractivity contribution in [1.29, 1.82) is 0 Å². The normalized spacial score (nSPS) is 22.7. The molecule has 21 heavy (non-hydrogen) atoms. The molecule has 1 atom stereocenters. The summed E-state index contributed by atoms with van der Waals surface area (Å²) in [5, 5.41) is 21.6. The molecule has 0 saturated carbocycles. The Balaban J connectivity index is 2.49. The monoisotopic (exact) mass is 301 g/mol. The van der Waals surface area contributed by atoms with Crippen LogP contribution in [-0.4, -0.2) is 58.3 Å². The lowest BCUT2D eigenvalue weighted by atomic mass is 9.90. The molecule has 8 heteroatoms. The Hall–Kier alpha value is -1.83. The number of hydrogen-bond donors (Lipinski definition) is 4. The maximum Gasteiger partial charge on any atom is 0.317 e. The average Bonchev–Trinajstić information content (AvgIpc) is 2.38. The van der Waals surface area contributed by atoms with Crippen molar-refractivity contribution in [3.63, 3.8) is 0 Å². The van der Waals surface area contributed by atoms with Gasteiger partial charge in [-0.3, -0.25) is 9.59 Å². The van der Waals surface area contributed by atoms with Crippen LogP contribution in [0, 0.1) is 5.41 Å². The highest BCUT2D eigenvalue weighted by Crippen LogP contribution is 2.21. The Morgan fingerprint density at radius 1 is 1.38 bits per heavy atom. The van der Waals surface area contributed by atoms with Gasteiger partial charge in [-0.25, -0.2) is 4.79 Å². The zero-order valence-corrected chi connectivity index (χ0v) is 12.4. The minimum atomic E-state index is -1.68. The number of nitrogens with two attached hydrogens (primary N) is 1. The molecular weight excluding hydrogens is 278 g/mol. The van der Waals surface area contributed by atoms with E-state index in [4.69, 9.17) is 10.8 Å². The van der Waals surface area contributed by atoms with Crippen molar-refractivity contribution in [2.45, 2.75) is 38.7 Å². The summed E-state index contributed by atoms with van der Waals surface area (Å²) >= 11 is 0. The van der Waals surface area contributed by atoms with Crippen LogP contribution in [0.25, 0.3) is 0 Å². The predicted octanol–water partition coefficient (Wildman–Crippen LogP) is -0.491. The molecular formula is C13H23N3O5. The topological polar surface area (TPSA) is 133 Å². The molecule has 5 N–H and O–H groups in total. The number of rotatable bonds is 5. The number of hydrogen-bond acceptors (Lipinski definition) is 4. The van der Waals surface area contributed by atoms with Crippen molar-refractivity contribution in [3.05, 3.63) is 0 Å². The van der Waals surface area contributed by atoms with E-state index >= 15 is 0 Å². The van der Waals surface area contributed by atoms with Crippen molar-refractivity contribution in [2.75, 3.05) is 19.6 Å². The summed E-state index contributed by atoms with van der Waals surface area (Å²) < 4.78 is 0. The molecule has 0 aromatic heterocycles. The molecule has 0 aliphatic carbocycles. The van der Waals surface area contributed by atoms with Crippen LogP contribution in [0.5, 0.6) is 0 Å². The van der Waals surface area contributed by atoms with Crippen LogP contribution < -0.4 is 11.1 Å². The second-order valence-corrected chi connectivity index (χ2v) is 6.09. The second-order valence-electron chi connectivity index (χ2n) is 6.09. The summed E-state index contributed by atoms with van der Waals surface area (Å²) in [6.45, 7) is 3.63. The van der Waals surface area contributed by atoms with E-state index in [-0.39, 0.29) is 25.9 Å². The number of β-amino-alcohol motifs (C(OH)–C–C–N with tert-alkyl or cyclic N) is 1. The van der Waals surface area contributed by atoms with E-state index in [9.17, 15) is 19.5 Å². The molecule has 0 spiro atoms. The van der Waals surface area contributed by atoms with Crippen molar-refractivity contribution < 1.29 is 24.6 Å². The molecule has 1 unspecified atom stereocenters. The van der Waals surface area contributed by atoms with Gasteiger partial charge >= 0.3 is 12.0 Å². The number of piperidine rings is 1. The van der Waals surface area contributed by atoms with Gasteiger partial charge in [0.2, 0.25) is 0 Å². The first-order valence-corrected chi connectivity index (χ1v) is 6.87. The number of nitrogens with zero attached hydrogens (tertiary/aromatic N) is 1. The third kappa shape index (κ3) is 4.32. The number of nitrogens with one attached hydrogen (secondary N) is 1. The van der Waals surface area contributed by atoms with Crippen LogP contribution in [-0.2, 0) is 9.59 Å². The molecule has 8 nitrogen and oxygen atoms in total. The fraction of sp³-hybridized carbons (Fsp3) is 0.769. The number of carboxylic acid groups (broad SMARTS) is 1. The van der Waals surface area contributed by atoms with Gasteiger partial charge in [0.25, 0.3) is 5.91 Å². The van der Waals surface area contributed by atoms with E-state index in [0.717, 1.165) is 0 Å². The highest BCUT2D eigenvalue weighted by Gasteiger charge is 2.40. The van der Waals surface area contributed by atoms with Gasteiger partial charge in [0.1, 0.15) is 0 Å². The fourth-order valence-electron chi connectivity index (χ4n) is 2.11. The van der Waals surface area contributed by atoms with Crippen molar-refractivity contribution >= 4 is 17.9 Å². The van der Waals surface area contributed by atoms with Crippen LogP contribution in [0.4, 0.5) is 4.79 Å². The van der Waals surface area contributed by atoms with E-state index in [1.165, 1.54) is 4.90 Å². The number of carbonyl (C=O) groups is 3. The minimum Gasteiger partial charge on any atom is -0.481 e. The van der Waals surface area contributed by atoms with Gasteiger partial charge in [0.15, 0.2) is 5.60 Å². The molecule has 3 amide bonds. The van der Waals surface area contributed by atoms with Gasteiger partial charge in [-0.1, -0.05) is 0 Å². The molecule has 0 aromatic carbocycles. The van der Waals surface area contributed by atoms with Crippen LogP contribution in [0.1, 0.15) is 33.1 Å². The Morgan fingerprint density at radius 2 is 2.00 bits per heavy atom. The molecule has 1 aliphatic rings. The van der Waals surface area contributed by atoms with Gasteiger partial charge < -0.3 is 26.2 Å². The van der Waals surface area contributed by atoms with Gasteiger partial charge in [-0.2, -0.15) is 0 Å². The maximum absolute atomic E-state index is 12.0. The summed E-state index contributed by atoms with van der Waals surface area (Å²) in [4.78, 5) is 35.5. The first-order valence-electron chi connectivity index (χ1n) is 6.87. The Bertz CT molecular complexity index is 438. The molecule has 0 radical (unpaired) electrons. The van der Waals surface area contributed by atoms with Gasteiger partial charge in [-0.05, 0) is 33.1 Å². The summed E-state index contributed by atoms with van der Waals surface area (Å²) in [5.74, 6) is -1.77. The van der Waals surface area contributed by atoms with Crippen molar-refractivity contribution in [2.24, 2.45) is 11.1 Å². The Morgan fingerprint density at radius 3 is 2.52 bits per heavy atom. The predicted molar refractivity (Wildman–Crippen MR) is 74.4 cm³/mol. The summed E-state index contributed by atoms with van der Waals surface area (Å²) in [6, 6.07) is -0.435. The molecule has 0 aromatic rings. The number of carboxylic acids is 1. The fourth-order valence-corrected chi connectivity index (χ4v) is 2.11. The molecule has 1 aliphatic heterocycles. The first-order chi connectivity index (χ1) is 9.58. The Kier molecular flexibility index (Phi) is 5.16. The highest BCUT2D eigenvalue weighted by molar-refractivity contribution is 5.85. The smallest absolute Gasteiger partial charge is 0.317 e. The minimum absolute atomic E-state index is 0.142. The molecule has 1 saturated heterocycles. The van der Waals surface area contributed by atoms with Gasteiger partial charge in [0.05, 0.1) is 12.0 Å². The lowest BCUT2D eigenvalue weighted by molar-refractivity contribution is -0.147. The van der Waals surface area contributed by atoms with Gasteiger partial charge in [-0.15, -0.1) is 0 Å². The number of amides is 3. The number of aliphatic carboxylic acids is 1. The van der Waals surface area contributed by atoms with E-state index < -0.39 is 28.9 Å². The number of primary amides is 1. The zero-order chi connectivity index (χ0) is 16.3. The van der Waals surface area contributed by atoms with Crippen molar-refractivity contribution in [1.82, 2.24) is 10.2 Å². The third-order valence-electron chi connectivity index (χ3n) is 3.82. The van der Waals surface area contributed by atoms with Crippen molar-refractivity contribution in [3.8, 4) is 0 Å². The lowest BCUT2D eigenvalue weighted by Crippen LogP contribution is -2.58. The van der Waals surface area contributed by atoms with E-state index in [1.54, 1.807) is 13.8 Å². The SMILES string of the molecule is CC(C)(CCNC(=O)N1CCCC(O)(C(N)=O)C1)C(=O)O. The molecule has 0 bridgehead atoms. The highest BCUT2D eigenvalue weighted by atomic mass is 16.4. The quantitative estimate of drug-likeness (QED) is 0.544. The molecule has 1 fully saturated rings. The molecule has 1 rings (SSSR count). The Labute approximate surface area is 123 Å². The van der Waals surface area contributed by atoms with Crippen LogP contribution >= 0.6 is 0 Å². The van der Waals surface area contributed by atoms with E-state index in [0.29, 0.717) is 13.0 Å². The van der Waals surface area contributed by atoms with E-state index in [1.807, 2.05) is 0 Å². The molecule has 1 heterocycles. The van der Waals surface area contributed by atoms with Crippen LogP contribution in [0.3, 0.4) is 0 Å². The zero-order valence-electron chi connectivity index (χ0n) is 12.4.